The molecule has 3 rings (SSSR count). The Labute approximate surface area is 177 Å². The van der Waals surface area contributed by atoms with Crippen molar-refractivity contribution in [2.75, 3.05) is 30.3 Å². The van der Waals surface area contributed by atoms with E-state index >= 15 is 0 Å². The lowest BCUT2D eigenvalue weighted by Gasteiger charge is -2.30. The fourth-order valence-corrected chi connectivity index (χ4v) is 3.96. The number of halogens is 1. The zero-order valence-corrected chi connectivity index (χ0v) is 18.0. The van der Waals surface area contributed by atoms with Crippen LogP contribution in [0.5, 0.6) is 0 Å². The monoisotopic (exact) mass is 413 g/mol. The first-order chi connectivity index (χ1) is 13.8. The number of hydrogen-bond acceptors (Lipinski definition) is 3. The third-order valence-corrected chi connectivity index (χ3v) is 5.77. The summed E-state index contributed by atoms with van der Waals surface area (Å²) in [6.07, 6.45) is 1.48. The Kier molecular flexibility index (Phi) is 6.93. The highest BCUT2D eigenvalue weighted by atomic mass is 35.5. The van der Waals surface area contributed by atoms with Gasteiger partial charge in [0, 0.05) is 22.3 Å². The summed E-state index contributed by atoms with van der Waals surface area (Å²) in [5.41, 5.74) is 4.73. The number of anilines is 2. The lowest BCUT2D eigenvalue weighted by atomic mass is 9.95. The minimum Gasteiger partial charge on any atom is -0.326 e. The van der Waals surface area contributed by atoms with Crippen LogP contribution < -0.4 is 10.6 Å². The fraction of sp³-hybridized carbons (Fsp3) is 0.391. The molecular formula is C23H28ClN3O2. The lowest BCUT2D eigenvalue weighted by Crippen LogP contribution is -2.41. The summed E-state index contributed by atoms with van der Waals surface area (Å²) < 4.78 is 0. The molecule has 6 heteroatoms. The van der Waals surface area contributed by atoms with Crippen LogP contribution >= 0.6 is 11.6 Å². The molecule has 0 bridgehead atoms. The Bertz CT molecular complexity index is 885. The van der Waals surface area contributed by atoms with Gasteiger partial charge in [0.05, 0.1) is 6.54 Å². The SMILES string of the molecule is Cc1cc(C)cc(NC(=O)CN2CCC(C(=O)Nc3cccc(Cl)c3C)CC2)c1. The second-order valence-electron chi connectivity index (χ2n) is 7.88. The minimum atomic E-state index is -0.0490. The van der Waals surface area contributed by atoms with Gasteiger partial charge in [0.1, 0.15) is 0 Å². The molecule has 0 atom stereocenters. The van der Waals surface area contributed by atoms with Crippen LogP contribution in [0.1, 0.15) is 29.5 Å². The van der Waals surface area contributed by atoms with E-state index in [1.165, 1.54) is 0 Å². The van der Waals surface area contributed by atoms with Gasteiger partial charge in [-0.25, -0.2) is 0 Å². The van der Waals surface area contributed by atoms with Crippen molar-refractivity contribution < 1.29 is 9.59 Å². The standard InChI is InChI=1S/C23H28ClN3O2/c1-15-11-16(2)13-19(12-15)25-22(28)14-27-9-7-18(8-10-27)23(29)26-21-6-4-5-20(24)17(21)3/h4-6,11-13,18H,7-10,14H2,1-3H3,(H,25,28)(H,26,29). The summed E-state index contributed by atoms with van der Waals surface area (Å²) in [6, 6.07) is 11.5. The van der Waals surface area contributed by atoms with Gasteiger partial charge in [-0.05, 0) is 87.7 Å². The van der Waals surface area contributed by atoms with Gasteiger partial charge in [0.15, 0.2) is 0 Å². The Hall–Kier alpha value is -2.37. The molecule has 2 N–H and O–H groups in total. The van der Waals surface area contributed by atoms with Crippen LogP contribution in [0.3, 0.4) is 0 Å². The highest BCUT2D eigenvalue weighted by molar-refractivity contribution is 6.31. The topological polar surface area (TPSA) is 61.4 Å². The van der Waals surface area contributed by atoms with Gasteiger partial charge in [-0.1, -0.05) is 23.7 Å². The van der Waals surface area contributed by atoms with E-state index in [2.05, 4.69) is 21.6 Å². The number of carbonyl (C=O) groups is 2. The molecule has 1 aliphatic heterocycles. The van der Waals surface area contributed by atoms with Crippen LogP contribution in [0.4, 0.5) is 11.4 Å². The van der Waals surface area contributed by atoms with Gasteiger partial charge in [-0.15, -0.1) is 0 Å². The molecule has 1 fully saturated rings. The normalized spacial score (nSPS) is 15.2. The summed E-state index contributed by atoms with van der Waals surface area (Å²) in [4.78, 5) is 27.1. The summed E-state index contributed by atoms with van der Waals surface area (Å²) >= 11 is 6.13. The van der Waals surface area contributed by atoms with Gasteiger partial charge in [-0.3, -0.25) is 14.5 Å². The number of nitrogens with zero attached hydrogens (tertiary/aromatic N) is 1. The number of amides is 2. The average molecular weight is 414 g/mol. The number of nitrogens with one attached hydrogen (secondary N) is 2. The van der Waals surface area contributed by atoms with Crippen molar-refractivity contribution in [1.82, 2.24) is 4.90 Å². The van der Waals surface area contributed by atoms with Gasteiger partial charge in [0.2, 0.25) is 11.8 Å². The molecule has 0 aliphatic carbocycles. The van der Waals surface area contributed by atoms with E-state index in [4.69, 9.17) is 11.6 Å². The van der Waals surface area contributed by atoms with E-state index in [1.807, 2.05) is 51.1 Å². The Morgan fingerprint density at radius 2 is 1.69 bits per heavy atom. The maximum Gasteiger partial charge on any atom is 0.238 e. The van der Waals surface area contributed by atoms with Gasteiger partial charge < -0.3 is 10.6 Å². The van der Waals surface area contributed by atoms with E-state index < -0.39 is 0 Å². The fourth-order valence-electron chi connectivity index (χ4n) is 3.78. The van der Waals surface area contributed by atoms with Crippen molar-refractivity contribution in [1.29, 1.82) is 0 Å². The molecule has 5 nitrogen and oxygen atoms in total. The second-order valence-corrected chi connectivity index (χ2v) is 8.28. The number of aryl methyl sites for hydroxylation is 2. The van der Waals surface area contributed by atoms with Crippen molar-refractivity contribution in [2.24, 2.45) is 5.92 Å². The molecular weight excluding hydrogens is 386 g/mol. The maximum atomic E-state index is 12.6. The Morgan fingerprint density at radius 1 is 1.03 bits per heavy atom. The number of benzene rings is 2. The van der Waals surface area contributed by atoms with Crippen molar-refractivity contribution in [3.05, 3.63) is 58.1 Å². The number of carbonyl (C=O) groups excluding carboxylic acids is 2. The van der Waals surface area contributed by atoms with Crippen molar-refractivity contribution in [3.63, 3.8) is 0 Å². The summed E-state index contributed by atoms with van der Waals surface area (Å²) in [5.74, 6) is -0.0470. The molecule has 0 spiro atoms. The highest BCUT2D eigenvalue weighted by Crippen LogP contribution is 2.25. The second kappa shape index (κ2) is 9.42. The predicted molar refractivity (Wildman–Crippen MR) is 119 cm³/mol. The zero-order valence-electron chi connectivity index (χ0n) is 17.2. The molecule has 0 unspecified atom stereocenters. The van der Waals surface area contributed by atoms with Crippen molar-refractivity contribution in [3.8, 4) is 0 Å². The first-order valence-corrected chi connectivity index (χ1v) is 10.4. The molecule has 1 aliphatic rings. The number of hydrogen-bond donors (Lipinski definition) is 2. The summed E-state index contributed by atoms with van der Waals surface area (Å²) in [7, 11) is 0. The van der Waals surface area contributed by atoms with Gasteiger partial charge in [-0.2, -0.15) is 0 Å². The molecule has 0 aromatic heterocycles. The maximum absolute atomic E-state index is 12.6. The van der Waals surface area contributed by atoms with Crippen LogP contribution in [-0.4, -0.2) is 36.3 Å². The number of rotatable bonds is 5. The molecule has 0 radical (unpaired) electrons. The van der Waals surface area contributed by atoms with E-state index in [1.54, 1.807) is 0 Å². The van der Waals surface area contributed by atoms with Gasteiger partial charge in [0.25, 0.3) is 0 Å². The first kappa shape index (κ1) is 21.3. The average Bonchev–Trinajstić information content (AvgIpc) is 2.65. The van der Waals surface area contributed by atoms with Crippen LogP contribution in [0.2, 0.25) is 5.02 Å². The van der Waals surface area contributed by atoms with Crippen LogP contribution in [-0.2, 0) is 9.59 Å². The quantitative estimate of drug-likeness (QED) is 0.755. The van der Waals surface area contributed by atoms with Gasteiger partial charge >= 0.3 is 0 Å². The smallest absolute Gasteiger partial charge is 0.238 e. The molecule has 0 saturated carbocycles. The van der Waals surface area contributed by atoms with Crippen LogP contribution in [0, 0.1) is 26.7 Å². The summed E-state index contributed by atoms with van der Waals surface area (Å²) in [6.45, 7) is 7.73. The molecule has 154 valence electrons. The predicted octanol–water partition coefficient (Wildman–Crippen LogP) is 4.55. The number of likely N-dealkylation sites (tertiary alicyclic amines) is 1. The minimum absolute atomic E-state index is 0.0209. The molecule has 1 saturated heterocycles. The Balaban J connectivity index is 1.48. The summed E-state index contributed by atoms with van der Waals surface area (Å²) in [5, 5.41) is 6.62. The zero-order chi connectivity index (χ0) is 21.0. The highest BCUT2D eigenvalue weighted by Gasteiger charge is 2.26. The van der Waals surface area contributed by atoms with Crippen LogP contribution in [0.25, 0.3) is 0 Å². The molecule has 2 amide bonds. The lowest BCUT2D eigenvalue weighted by molar-refractivity contribution is -0.121. The van der Waals surface area contributed by atoms with E-state index in [9.17, 15) is 9.59 Å². The Morgan fingerprint density at radius 3 is 2.34 bits per heavy atom. The first-order valence-electron chi connectivity index (χ1n) is 9.98. The molecule has 1 heterocycles. The van der Waals surface area contributed by atoms with Crippen molar-refractivity contribution in [2.45, 2.75) is 33.6 Å². The van der Waals surface area contributed by atoms with Crippen LogP contribution in [0.15, 0.2) is 36.4 Å². The third kappa shape index (κ3) is 5.81. The molecule has 2 aromatic carbocycles. The largest absolute Gasteiger partial charge is 0.326 e. The van der Waals surface area contributed by atoms with Crippen molar-refractivity contribution >= 4 is 34.8 Å². The van der Waals surface area contributed by atoms with E-state index in [0.29, 0.717) is 11.6 Å². The third-order valence-electron chi connectivity index (χ3n) is 5.36. The van der Waals surface area contributed by atoms with E-state index in [0.717, 1.165) is 54.0 Å². The number of piperidine rings is 1. The molecule has 29 heavy (non-hydrogen) atoms. The van der Waals surface area contributed by atoms with E-state index in [-0.39, 0.29) is 17.7 Å². The molecule has 2 aromatic rings.